The lowest BCUT2D eigenvalue weighted by Gasteiger charge is -2.26. The summed E-state index contributed by atoms with van der Waals surface area (Å²) in [4.78, 5) is 37.7. The van der Waals surface area contributed by atoms with E-state index in [1.807, 2.05) is 30.1 Å². The molecule has 2 aromatic heterocycles. The van der Waals surface area contributed by atoms with Crippen molar-refractivity contribution in [3.05, 3.63) is 60.4 Å². The maximum Gasteiger partial charge on any atom is 0.491 e. The average molecular weight is 570 g/mol. The lowest BCUT2D eigenvalue weighted by Crippen LogP contribution is -2.39. The Morgan fingerprint density at radius 1 is 1.17 bits per heavy atom. The van der Waals surface area contributed by atoms with Crippen molar-refractivity contribution >= 4 is 34.4 Å². The molecule has 3 heterocycles. The molecule has 4 aromatic rings. The Labute approximate surface area is 232 Å². The molecule has 1 aliphatic rings. The van der Waals surface area contributed by atoms with Crippen molar-refractivity contribution in [2.45, 2.75) is 18.6 Å². The Bertz CT molecular complexity index is 1570. The number of para-hydroxylation sites is 1. The fraction of sp³-hybridized carbons (Fsp3) is 0.286. The number of rotatable bonds is 7. The van der Waals surface area contributed by atoms with Crippen LogP contribution in [-0.2, 0) is 4.79 Å². The van der Waals surface area contributed by atoms with E-state index in [1.165, 1.54) is 36.5 Å². The van der Waals surface area contributed by atoms with Crippen LogP contribution in [0.1, 0.15) is 16.8 Å². The van der Waals surface area contributed by atoms with Gasteiger partial charge in [0.05, 0.1) is 25.1 Å². The average Bonchev–Trinajstić information content (AvgIpc) is 3.59. The maximum absolute atomic E-state index is 13.5. The van der Waals surface area contributed by atoms with Crippen molar-refractivity contribution in [3.8, 4) is 23.0 Å². The summed E-state index contributed by atoms with van der Waals surface area (Å²) in [5, 5.41) is 3.68. The first-order valence-electron chi connectivity index (χ1n) is 12.6. The van der Waals surface area contributed by atoms with E-state index in [9.17, 15) is 22.8 Å². The number of carbonyl (C=O) groups excluding carboxylic acids is 2. The standard InChI is InChI=1S/C28H26F3N5O5/c1-35-11-10-17(15-35)36(2)26(37)18-8-9-21(39-3)24(25(18)41-27(38)28(29,30)31)34-23-14-32-13-19(33-23)22-12-16-6-4-5-7-20(16)40-22/h4-9,12-14,17H,10-11,15H2,1-3H3,(H,33,34). The minimum atomic E-state index is -5.32. The van der Waals surface area contributed by atoms with Crippen molar-refractivity contribution in [1.29, 1.82) is 0 Å². The molecule has 1 N–H and O–H groups in total. The van der Waals surface area contributed by atoms with Crippen LogP contribution in [-0.4, -0.2) is 78.2 Å². The van der Waals surface area contributed by atoms with Crippen LogP contribution in [0.25, 0.3) is 22.4 Å². The molecule has 1 atom stereocenters. The van der Waals surface area contributed by atoms with Gasteiger partial charge in [-0.05, 0) is 44.3 Å². The molecule has 0 saturated carbocycles. The Morgan fingerprint density at radius 3 is 2.63 bits per heavy atom. The first-order chi connectivity index (χ1) is 19.5. The molecule has 0 radical (unpaired) electrons. The number of carbonyl (C=O) groups is 2. The number of halogens is 3. The van der Waals surface area contributed by atoms with Crippen LogP contribution in [0.2, 0.25) is 0 Å². The smallest absolute Gasteiger partial charge is 0.491 e. The van der Waals surface area contributed by atoms with Gasteiger partial charge in [-0.15, -0.1) is 0 Å². The monoisotopic (exact) mass is 569 g/mol. The van der Waals surface area contributed by atoms with Crippen LogP contribution < -0.4 is 14.8 Å². The highest BCUT2D eigenvalue weighted by atomic mass is 19.4. The molecule has 0 aliphatic carbocycles. The second kappa shape index (κ2) is 11.1. The highest BCUT2D eigenvalue weighted by Crippen LogP contribution is 2.41. The number of hydrogen-bond donors (Lipinski definition) is 1. The Morgan fingerprint density at radius 2 is 1.95 bits per heavy atom. The Kier molecular flexibility index (Phi) is 7.54. The number of amides is 1. The molecule has 1 fully saturated rings. The van der Waals surface area contributed by atoms with E-state index in [1.54, 1.807) is 19.2 Å². The first kappa shape index (κ1) is 27.9. The van der Waals surface area contributed by atoms with E-state index in [0.717, 1.165) is 11.9 Å². The van der Waals surface area contributed by atoms with Gasteiger partial charge in [-0.25, -0.2) is 9.78 Å². The first-order valence-corrected chi connectivity index (χ1v) is 12.6. The van der Waals surface area contributed by atoms with Gasteiger partial charge in [-0.2, -0.15) is 13.2 Å². The molecule has 2 aromatic carbocycles. The van der Waals surface area contributed by atoms with Crippen molar-refractivity contribution in [3.63, 3.8) is 0 Å². The van der Waals surface area contributed by atoms with Crippen LogP contribution in [0.4, 0.5) is 24.7 Å². The number of ether oxygens (including phenoxy) is 2. The number of esters is 1. The van der Waals surface area contributed by atoms with Gasteiger partial charge >= 0.3 is 12.1 Å². The summed E-state index contributed by atoms with van der Waals surface area (Å²) in [5.74, 6) is -3.28. The SMILES string of the molecule is COc1ccc(C(=O)N(C)C2CCN(C)C2)c(OC(=O)C(F)(F)F)c1Nc1cncc(-c2cc3ccccc3o2)n1. The summed E-state index contributed by atoms with van der Waals surface area (Å²) in [6.07, 6.45) is -1.86. The van der Waals surface area contributed by atoms with Crippen molar-refractivity contribution in [1.82, 2.24) is 19.8 Å². The number of likely N-dealkylation sites (N-methyl/N-ethyl adjacent to an activating group) is 2. The van der Waals surface area contributed by atoms with E-state index < -0.39 is 23.8 Å². The minimum absolute atomic E-state index is 0.00529. The highest BCUT2D eigenvalue weighted by Gasteiger charge is 2.43. The minimum Gasteiger partial charge on any atom is -0.494 e. The van der Waals surface area contributed by atoms with Gasteiger partial charge in [0.15, 0.2) is 11.5 Å². The number of nitrogens with zero attached hydrogens (tertiary/aromatic N) is 4. The van der Waals surface area contributed by atoms with Crippen molar-refractivity contribution in [2.75, 3.05) is 39.6 Å². The molecule has 1 saturated heterocycles. The molecule has 1 aliphatic heterocycles. The Balaban J connectivity index is 1.56. The van der Waals surface area contributed by atoms with Gasteiger partial charge in [0.1, 0.15) is 28.5 Å². The van der Waals surface area contributed by atoms with Crippen LogP contribution >= 0.6 is 0 Å². The van der Waals surface area contributed by atoms with Gasteiger partial charge in [0.2, 0.25) is 0 Å². The molecule has 41 heavy (non-hydrogen) atoms. The van der Waals surface area contributed by atoms with Gasteiger partial charge in [-0.3, -0.25) is 9.78 Å². The summed E-state index contributed by atoms with van der Waals surface area (Å²) in [6.45, 7) is 1.35. The van der Waals surface area contributed by atoms with Crippen LogP contribution in [0.3, 0.4) is 0 Å². The normalized spacial score (nSPS) is 15.6. The quantitative estimate of drug-likeness (QED) is 0.246. The van der Waals surface area contributed by atoms with E-state index in [-0.39, 0.29) is 28.9 Å². The topological polar surface area (TPSA) is 110 Å². The molecular formula is C28H26F3N5O5. The number of methoxy groups -OCH3 is 1. The zero-order chi connectivity index (χ0) is 29.3. The van der Waals surface area contributed by atoms with Crippen LogP contribution in [0.5, 0.6) is 11.5 Å². The second-order valence-electron chi connectivity index (χ2n) is 9.59. The third-order valence-corrected chi connectivity index (χ3v) is 6.80. The third kappa shape index (κ3) is 5.80. The summed E-state index contributed by atoms with van der Waals surface area (Å²) in [5.41, 5.74) is 0.499. The van der Waals surface area contributed by atoms with E-state index in [0.29, 0.717) is 30.0 Å². The van der Waals surface area contributed by atoms with Gasteiger partial charge in [0, 0.05) is 25.0 Å². The number of hydrogen-bond acceptors (Lipinski definition) is 9. The number of aromatic nitrogens is 2. The molecule has 0 spiro atoms. The number of likely N-dealkylation sites (tertiary alicyclic amines) is 1. The maximum atomic E-state index is 13.5. The van der Waals surface area contributed by atoms with E-state index in [2.05, 4.69) is 15.3 Å². The highest BCUT2D eigenvalue weighted by molar-refractivity contribution is 6.01. The predicted octanol–water partition coefficient (Wildman–Crippen LogP) is 4.89. The van der Waals surface area contributed by atoms with Crippen molar-refractivity contribution in [2.24, 2.45) is 0 Å². The largest absolute Gasteiger partial charge is 0.494 e. The summed E-state index contributed by atoms with van der Waals surface area (Å²) < 4.78 is 56.0. The fourth-order valence-corrected chi connectivity index (χ4v) is 4.64. The zero-order valence-electron chi connectivity index (χ0n) is 22.4. The van der Waals surface area contributed by atoms with Crippen LogP contribution in [0, 0.1) is 0 Å². The number of benzene rings is 2. The molecular weight excluding hydrogens is 543 g/mol. The molecule has 0 bridgehead atoms. The Hall–Kier alpha value is -4.65. The number of fused-ring (bicyclic) bond motifs is 1. The third-order valence-electron chi connectivity index (χ3n) is 6.80. The molecule has 214 valence electrons. The van der Waals surface area contributed by atoms with Crippen LogP contribution in [0.15, 0.2) is 59.3 Å². The van der Waals surface area contributed by atoms with Gasteiger partial charge in [0.25, 0.3) is 5.91 Å². The molecule has 1 unspecified atom stereocenters. The number of alkyl halides is 3. The lowest BCUT2D eigenvalue weighted by molar-refractivity contribution is -0.189. The number of nitrogens with one attached hydrogen (secondary N) is 1. The second-order valence-corrected chi connectivity index (χ2v) is 9.59. The van der Waals surface area contributed by atoms with Gasteiger partial charge in [-0.1, -0.05) is 18.2 Å². The molecule has 5 rings (SSSR count). The van der Waals surface area contributed by atoms with E-state index >= 15 is 0 Å². The zero-order valence-corrected chi connectivity index (χ0v) is 22.4. The molecule has 13 heteroatoms. The lowest BCUT2D eigenvalue weighted by atomic mass is 10.1. The fourth-order valence-electron chi connectivity index (χ4n) is 4.64. The summed E-state index contributed by atoms with van der Waals surface area (Å²) >= 11 is 0. The number of furan rings is 1. The summed E-state index contributed by atoms with van der Waals surface area (Å²) in [6, 6.07) is 11.6. The van der Waals surface area contributed by atoms with E-state index in [4.69, 9.17) is 13.9 Å². The summed E-state index contributed by atoms with van der Waals surface area (Å²) in [7, 11) is 4.75. The molecule has 1 amide bonds. The molecule has 10 nitrogen and oxygen atoms in total. The predicted molar refractivity (Wildman–Crippen MR) is 143 cm³/mol. The number of anilines is 2. The van der Waals surface area contributed by atoms with Crippen molar-refractivity contribution < 1.29 is 36.7 Å². The van der Waals surface area contributed by atoms with Gasteiger partial charge < -0.3 is 29.0 Å².